The average Bonchev–Trinajstić information content (AvgIpc) is 2.61. The second-order valence-electron chi connectivity index (χ2n) is 6.11. The summed E-state index contributed by atoms with van der Waals surface area (Å²) in [5, 5.41) is 0. The molecule has 1 amide bonds. The Morgan fingerprint density at radius 2 is 2.14 bits per heavy atom. The summed E-state index contributed by atoms with van der Waals surface area (Å²) in [6.07, 6.45) is 0. The van der Waals surface area contributed by atoms with Crippen LogP contribution in [0, 0.1) is 18.7 Å². The van der Waals surface area contributed by atoms with Crippen LogP contribution < -0.4 is 0 Å². The number of halogens is 1. The van der Waals surface area contributed by atoms with E-state index in [-0.39, 0.29) is 23.7 Å². The molecule has 0 unspecified atom stereocenters. The fourth-order valence-corrected chi connectivity index (χ4v) is 3.11. The summed E-state index contributed by atoms with van der Waals surface area (Å²) in [6, 6.07) is 5.45. The van der Waals surface area contributed by atoms with Crippen molar-refractivity contribution >= 4 is 5.91 Å². The van der Waals surface area contributed by atoms with Gasteiger partial charge in [0.15, 0.2) is 0 Å². The first-order valence-corrected chi connectivity index (χ1v) is 7.36. The molecule has 2 aliphatic rings. The van der Waals surface area contributed by atoms with Crippen molar-refractivity contribution in [2.45, 2.75) is 19.5 Å². The Kier molecular flexibility index (Phi) is 3.95. The monoisotopic (exact) mass is 292 g/mol. The number of carbonyl (C=O) groups excluding carboxylic acids is 1. The third-order valence-electron chi connectivity index (χ3n) is 4.46. The van der Waals surface area contributed by atoms with Crippen LogP contribution in [0.3, 0.4) is 0 Å². The van der Waals surface area contributed by atoms with Gasteiger partial charge in [0.25, 0.3) is 0 Å². The molecule has 2 atom stereocenters. The molecule has 1 aromatic carbocycles. The third-order valence-corrected chi connectivity index (χ3v) is 4.46. The number of fused-ring (bicyclic) bond motifs is 3. The van der Waals surface area contributed by atoms with Gasteiger partial charge >= 0.3 is 0 Å². The summed E-state index contributed by atoms with van der Waals surface area (Å²) < 4.78 is 19.3. The van der Waals surface area contributed by atoms with Crippen LogP contribution in [0.15, 0.2) is 18.2 Å². The van der Waals surface area contributed by atoms with Gasteiger partial charge in [-0.1, -0.05) is 12.1 Å². The highest BCUT2D eigenvalue weighted by molar-refractivity contribution is 5.79. The van der Waals surface area contributed by atoms with Crippen LogP contribution in [0.2, 0.25) is 0 Å². The highest BCUT2D eigenvalue weighted by Crippen LogP contribution is 2.21. The Bertz CT molecular complexity index is 549. The van der Waals surface area contributed by atoms with Gasteiger partial charge in [0, 0.05) is 26.7 Å². The van der Waals surface area contributed by atoms with Gasteiger partial charge in [-0.15, -0.1) is 0 Å². The lowest BCUT2D eigenvalue weighted by molar-refractivity contribution is -0.133. The van der Waals surface area contributed by atoms with Crippen molar-refractivity contribution in [2.75, 3.05) is 33.4 Å². The van der Waals surface area contributed by atoms with E-state index >= 15 is 0 Å². The fourth-order valence-electron chi connectivity index (χ4n) is 3.11. The number of aryl methyl sites for hydroxylation is 1. The summed E-state index contributed by atoms with van der Waals surface area (Å²) in [7, 11) is 1.85. The molecule has 1 aromatic rings. The van der Waals surface area contributed by atoms with E-state index in [0.29, 0.717) is 31.9 Å². The molecule has 3 rings (SSSR count). The van der Waals surface area contributed by atoms with Crippen molar-refractivity contribution in [2.24, 2.45) is 5.92 Å². The van der Waals surface area contributed by atoms with E-state index in [2.05, 4.69) is 4.90 Å². The summed E-state index contributed by atoms with van der Waals surface area (Å²) in [5.74, 6) is -0.119. The third kappa shape index (κ3) is 2.94. The van der Waals surface area contributed by atoms with Crippen molar-refractivity contribution in [3.05, 3.63) is 35.1 Å². The zero-order valence-electron chi connectivity index (χ0n) is 12.5. The molecular weight excluding hydrogens is 271 g/mol. The largest absolute Gasteiger partial charge is 0.378 e. The van der Waals surface area contributed by atoms with Gasteiger partial charge < -0.3 is 9.64 Å². The van der Waals surface area contributed by atoms with Crippen LogP contribution >= 0.6 is 0 Å². The van der Waals surface area contributed by atoms with Gasteiger partial charge in [-0.2, -0.15) is 0 Å². The first-order valence-electron chi connectivity index (χ1n) is 7.36. The van der Waals surface area contributed by atoms with E-state index in [9.17, 15) is 9.18 Å². The lowest BCUT2D eigenvalue weighted by atomic mass is 10.1. The molecule has 0 spiro atoms. The molecule has 0 aliphatic carbocycles. The van der Waals surface area contributed by atoms with E-state index in [1.807, 2.05) is 24.1 Å². The second kappa shape index (κ2) is 5.73. The van der Waals surface area contributed by atoms with E-state index < -0.39 is 0 Å². The van der Waals surface area contributed by atoms with E-state index in [1.165, 1.54) is 0 Å². The van der Waals surface area contributed by atoms with Gasteiger partial charge in [-0.05, 0) is 24.1 Å². The van der Waals surface area contributed by atoms with Gasteiger partial charge in [-0.3, -0.25) is 9.69 Å². The maximum absolute atomic E-state index is 13.7. The Morgan fingerprint density at radius 3 is 2.90 bits per heavy atom. The van der Waals surface area contributed by atoms with Crippen LogP contribution in [0.1, 0.15) is 11.1 Å². The highest BCUT2D eigenvalue weighted by atomic mass is 19.1. The Labute approximate surface area is 124 Å². The lowest BCUT2D eigenvalue weighted by Crippen LogP contribution is -2.42. The van der Waals surface area contributed by atoms with Crippen molar-refractivity contribution in [1.29, 1.82) is 0 Å². The minimum atomic E-state index is -0.168. The first-order chi connectivity index (χ1) is 10.0. The minimum absolute atomic E-state index is 0.0836. The quantitative estimate of drug-likeness (QED) is 0.826. The molecule has 5 heteroatoms. The van der Waals surface area contributed by atoms with Gasteiger partial charge in [0.05, 0.1) is 25.2 Å². The number of benzene rings is 1. The number of rotatable bonds is 2. The number of hydrogen-bond donors (Lipinski definition) is 0. The predicted octanol–water partition coefficient (Wildman–Crippen LogP) is 1.42. The molecule has 0 N–H and O–H groups in total. The predicted molar refractivity (Wildman–Crippen MR) is 77.3 cm³/mol. The lowest BCUT2D eigenvalue weighted by Gasteiger charge is -2.29. The van der Waals surface area contributed by atoms with Gasteiger partial charge in [0.1, 0.15) is 5.82 Å². The average molecular weight is 292 g/mol. The minimum Gasteiger partial charge on any atom is -0.378 e. The zero-order chi connectivity index (χ0) is 15.0. The zero-order valence-corrected chi connectivity index (χ0v) is 12.5. The molecule has 21 heavy (non-hydrogen) atoms. The number of amides is 1. The molecule has 2 saturated heterocycles. The molecule has 0 radical (unpaired) electrons. The number of nitrogens with zero attached hydrogens (tertiary/aromatic N) is 2. The van der Waals surface area contributed by atoms with E-state index in [1.54, 1.807) is 13.0 Å². The first kappa shape index (κ1) is 14.5. The maximum atomic E-state index is 13.7. The molecule has 0 saturated carbocycles. The van der Waals surface area contributed by atoms with Gasteiger partial charge in [0.2, 0.25) is 5.91 Å². The highest BCUT2D eigenvalue weighted by Gasteiger charge is 2.37. The molecule has 2 aliphatic heterocycles. The number of likely N-dealkylation sites (N-methyl/N-ethyl adjacent to an activating group) is 1. The Hall–Kier alpha value is -1.46. The normalized spacial score (nSPS) is 26.8. The fraction of sp³-hybridized carbons (Fsp3) is 0.562. The summed E-state index contributed by atoms with van der Waals surface area (Å²) in [5.41, 5.74) is 1.61. The molecular formula is C16H21FN2O2. The Balaban J connectivity index is 1.77. The van der Waals surface area contributed by atoms with E-state index in [4.69, 9.17) is 4.74 Å². The number of ether oxygens (including phenoxy) is 1. The molecule has 2 bridgehead atoms. The van der Waals surface area contributed by atoms with Crippen LogP contribution in [0.5, 0.6) is 0 Å². The SMILES string of the molecule is Cc1ccc(CN2C[C@@H]3COC[C@H](C2)N(C)C3=O)cc1F. The van der Waals surface area contributed by atoms with Crippen LogP contribution in [-0.4, -0.2) is 55.1 Å². The van der Waals surface area contributed by atoms with Crippen molar-refractivity contribution < 1.29 is 13.9 Å². The molecule has 114 valence electrons. The van der Waals surface area contributed by atoms with Crippen molar-refractivity contribution in [3.8, 4) is 0 Å². The van der Waals surface area contributed by atoms with Crippen molar-refractivity contribution in [3.63, 3.8) is 0 Å². The molecule has 4 nitrogen and oxygen atoms in total. The summed E-state index contributed by atoms with van der Waals surface area (Å²) in [4.78, 5) is 16.3. The van der Waals surface area contributed by atoms with Crippen LogP contribution in [0.25, 0.3) is 0 Å². The van der Waals surface area contributed by atoms with Gasteiger partial charge in [-0.25, -0.2) is 4.39 Å². The number of hydrogen-bond acceptors (Lipinski definition) is 3. The molecule has 2 heterocycles. The smallest absolute Gasteiger partial charge is 0.229 e. The molecule has 2 fully saturated rings. The van der Waals surface area contributed by atoms with E-state index in [0.717, 1.165) is 12.1 Å². The molecule has 0 aromatic heterocycles. The summed E-state index contributed by atoms with van der Waals surface area (Å²) >= 11 is 0. The standard InChI is InChI=1S/C16H21FN2O2/c1-11-3-4-12(5-15(11)17)6-19-7-13-9-21-10-14(8-19)18(2)16(13)20/h3-5,13-14H,6-10H2,1-2H3/t13-,14+/m1/s1. The van der Waals surface area contributed by atoms with Crippen LogP contribution in [-0.2, 0) is 16.1 Å². The van der Waals surface area contributed by atoms with Crippen molar-refractivity contribution in [1.82, 2.24) is 9.80 Å². The number of carbonyl (C=O) groups is 1. The second-order valence-corrected chi connectivity index (χ2v) is 6.11. The topological polar surface area (TPSA) is 32.8 Å². The maximum Gasteiger partial charge on any atom is 0.229 e. The Morgan fingerprint density at radius 1 is 1.33 bits per heavy atom. The van der Waals surface area contributed by atoms with Crippen LogP contribution in [0.4, 0.5) is 4.39 Å². The summed E-state index contributed by atoms with van der Waals surface area (Å²) in [6.45, 7) is 4.95.